The van der Waals surface area contributed by atoms with E-state index in [1.54, 1.807) is 0 Å². The average Bonchev–Trinajstić information content (AvgIpc) is 2.35. The Labute approximate surface area is 125 Å². The Morgan fingerprint density at radius 2 is 2.16 bits per heavy atom. The lowest BCUT2D eigenvalue weighted by Crippen LogP contribution is -2.43. The van der Waals surface area contributed by atoms with E-state index in [1.165, 1.54) is 10.4 Å². The van der Waals surface area contributed by atoms with Gasteiger partial charge in [-0.05, 0) is 30.5 Å². The highest BCUT2D eigenvalue weighted by Gasteiger charge is 2.33. The Balaban J connectivity index is 2.35. The summed E-state index contributed by atoms with van der Waals surface area (Å²) in [4.78, 5) is 0.149. The first-order chi connectivity index (χ1) is 8.82. The SMILES string of the molecule is CC1CN(S(=O)(=O)c2cc(F)ccc2Cl)CCC1Br. The number of halogens is 3. The van der Waals surface area contributed by atoms with Crippen LogP contribution in [0.25, 0.3) is 0 Å². The van der Waals surface area contributed by atoms with Crippen LogP contribution >= 0.6 is 27.5 Å². The Morgan fingerprint density at radius 1 is 1.47 bits per heavy atom. The largest absolute Gasteiger partial charge is 0.244 e. The lowest BCUT2D eigenvalue weighted by Gasteiger charge is -2.33. The minimum Gasteiger partial charge on any atom is -0.207 e. The van der Waals surface area contributed by atoms with Gasteiger partial charge in [0.15, 0.2) is 0 Å². The maximum Gasteiger partial charge on any atom is 0.244 e. The molecule has 2 atom stereocenters. The number of benzene rings is 1. The topological polar surface area (TPSA) is 37.4 Å². The van der Waals surface area contributed by atoms with Crippen molar-refractivity contribution >= 4 is 37.6 Å². The molecule has 0 bridgehead atoms. The molecule has 1 heterocycles. The first kappa shape index (κ1) is 15.2. The molecule has 19 heavy (non-hydrogen) atoms. The van der Waals surface area contributed by atoms with Gasteiger partial charge in [0.25, 0.3) is 0 Å². The van der Waals surface area contributed by atoms with E-state index in [1.807, 2.05) is 6.92 Å². The molecule has 1 aromatic carbocycles. The fourth-order valence-corrected chi connectivity index (χ4v) is 4.52. The lowest BCUT2D eigenvalue weighted by atomic mass is 10.0. The number of hydrogen-bond donors (Lipinski definition) is 0. The highest BCUT2D eigenvalue weighted by Crippen LogP contribution is 2.30. The number of nitrogens with zero attached hydrogens (tertiary/aromatic N) is 1. The number of piperidine rings is 1. The van der Waals surface area contributed by atoms with Crippen molar-refractivity contribution in [1.82, 2.24) is 4.31 Å². The van der Waals surface area contributed by atoms with Crippen molar-refractivity contribution in [2.45, 2.75) is 23.1 Å². The first-order valence-electron chi connectivity index (χ1n) is 5.91. The summed E-state index contributed by atoms with van der Waals surface area (Å²) in [5, 5.41) is 0.0509. The van der Waals surface area contributed by atoms with Crippen molar-refractivity contribution in [3.05, 3.63) is 29.0 Å². The third kappa shape index (κ3) is 3.12. The van der Waals surface area contributed by atoms with Gasteiger partial charge in [-0.2, -0.15) is 4.31 Å². The Hall–Kier alpha value is -0.170. The molecule has 0 saturated carbocycles. The van der Waals surface area contributed by atoms with Crippen molar-refractivity contribution in [1.29, 1.82) is 0 Å². The fourth-order valence-electron chi connectivity index (χ4n) is 2.11. The van der Waals surface area contributed by atoms with Gasteiger partial charge in [-0.15, -0.1) is 0 Å². The number of hydrogen-bond acceptors (Lipinski definition) is 2. The van der Waals surface area contributed by atoms with Crippen molar-refractivity contribution in [3.63, 3.8) is 0 Å². The molecule has 1 aliphatic rings. The van der Waals surface area contributed by atoms with Crippen LogP contribution < -0.4 is 0 Å². The van der Waals surface area contributed by atoms with Crippen LogP contribution in [0.1, 0.15) is 13.3 Å². The van der Waals surface area contributed by atoms with E-state index in [9.17, 15) is 12.8 Å². The summed E-state index contributed by atoms with van der Waals surface area (Å²) in [6.07, 6.45) is 0.729. The van der Waals surface area contributed by atoms with E-state index in [0.717, 1.165) is 18.6 Å². The van der Waals surface area contributed by atoms with E-state index in [4.69, 9.17) is 11.6 Å². The van der Waals surface area contributed by atoms with Gasteiger partial charge in [0.05, 0.1) is 5.02 Å². The molecule has 0 aliphatic carbocycles. The van der Waals surface area contributed by atoms with E-state index < -0.39 is 15.8 Å². The van der Waals surface area contributed by atoms with Crippen LogP contribution in [-0.2, 0) is 10.0 Å². The van der Waals surface area contributed by atoms with E-state index >= 15 is 0 Å². The summed E-state index contributed by atoms with van der Waals surface area (Å²) in [6.45, 7) is 2.80. The van der Waals surface area contributed by atoms with Crippen molar-refractivity contribution < 1.29 is 12.8 Å². The highest BCUT2D eigenvalue weighted by atomic mass is 79.9. The molecular weight excluding hydrogens is 357 g/mol. The minimum absolute atomic E-state index is 0.0509. The van der Waals surface area contributed by atoms with Crippen LogP contribution in [0.3, 0.4) is 0 Å². The monoisotopic (exact) mass is 369 g/mol. The molecule has 0 spiro atoms. The first-order valence-corrected chi connectivity index (χ1v) is 8.65. The van der Waals surface area contributed by atoms with E-state index in [2.05, 4.69) is 15.9 Å². The number of alkyl halides is 1. The van der Waals surface area contributed by atoms with Crippen molar-refractivity contribution in [2.75, 3.05) is 13.1 Å². The summed E-state index contributed by atoms with van der Waals surface area (Å²) >= 11 is 9.41. The summed E-state index contributed by atoms with van der Waals surface area (Å²) in [6, 6.07) is 3.39. The maximum absolute atomic E-state index is 13.2. The van der Waals surface area contributed by atoms with Crippen LogP contribution in [0, 0.1) is 11.7 Å². The minimum atomic E-state index is -3.73. The third-order valence-electron chi connectivity index (χ3n) is 3.27. The van der Waals surface area contributed by atoms with Gasteiger partial charge in [-0.25, -0.2) is 12.8 Å². The van der Waals surface area contributed by atoms with Gasteiger partial charge in [0, 0.05) is 17.9 Å². The number of sulfonamides is 1. The van der Waals surface area contributed by atoms with Crippen molar-refractivity contribution in [2.24, 2.45) is 5.92 Å². The van der Waals surface area contributed by atoms with Gasteiger partial charge in [-0.3, -0.25) is 0 Å². The van der Waals surface area contributed by atoms with E-state index in [0.29, 0.717) is 17.9 Å². The summed E-state index contributed by atoms with van der Waals surface area (Å²) < 4.78 is 39.5. The zero-order chi connectivity index (χ0) is 14.2. The molecule has 1 saturated heterocycles. The fraction of sp³-hybridized carbons (Fsp3) is 0.500. The molecule has 1 aliphatic heterocycles. The summed E-state index contributed by atoms with van der Waals surface area (Å²) in [7, 11) is -3.73. The number of rotatable bonds is 2. The van der Waals surface area contributed by atoms with Gasteiger partial charge in [0.2, 0.25) is 10.0 Å². The highest BCUT2D eigenvalue weighted by molar-refractivity contribution is 9.09. The van der Waals surface area contributed by atoms with Crippen LogP contribution in [0.15, 0.2) is 23.1 Å². The second kappa shape index (κ2) is 5.68. The second-order valence-corrected chi connectivity index (χ2v) is 8.21. The Kier molecular flexibility index (Phi) is 4.55. The molecule has 106 valence electrons. The lowest BCUT2D eigenvalue weighted by molar-refractivity contribution is 0.291. The second-order valence-electron chi connectivity index (χ2n) is 4.72. The third-order valence-corrected chi connectivity index (χ3v) is 6.98. The van der Waals surface area contributed by atoms with Gasteiger partial charge < -0.3 is 0 Å². The van der Waals surface area contributed by atoms with Crippen LogP contribution in [0.5, 0.6) is 0 Å². The molecular formula is C12H14BrClFNO2S. The van der Waals surface area contributed by atoms with Gasteiger partial charge in [0.1, 0.15) is 10.7 Å². The Bertz CT molecular complexity index is 581. The molecule has 3 nitrogen and oxygen atoms in total. The molecule has 0 N–H and O–H groups in total. The smallest absolute Gasteiger partial charge is 0.207 e. The zero-order valence-electron chi connectivity index (χ0n) is 10.3. The van der Waals surface area contributed by atoms with Crippen molar-refractivity contribution in [3.8, 4) is 0 Å². The molecule has 1 fully saturated rings. The predicted molar refractivity (Wildman–Crippen MR) is 76.7 cm³/mol. The summed E-state index contributed by atoms with van der Waals surface area (Å²) in [5.41, 5.74) is 0. The molecule has 7 heteroatoms. The van der Waals surface area contributed by atoms with Crippen LogP contribution in [-0.4, -0.2) is 30.6 Å². The normalized spacial score (nSPS) is 25.5. The quantitative estimate of drug-likeness (QED) is 0.749. The average molecular weight is 371 g/mol. The zero-order valence-corrected chi connectivity index (χ0v) is 13.5. The van der Waals surface area contributed by atoms with Gasteiger partial charge in [-0.1, -0.05) is 34.5 Å². The predicted octanol–water partition coefficient (Wildman–Crippen LogP) is 3.27. The van der Waals surface area contributed by atoms with Crippen LogP contribution in [0.4, 0.5) is 4.39 Å². The molecule has 0 aromatic heterocycles. The molecule has 0 radical (unpaired) electrons. The molecule has 2 unspecified atom stereocenters. The van der Waals surface area contributed by atoms with Gasteiger partial charge >= 0.3 is 0 Å². The maximum atomic E-state index is 13.2. The molecule has 0 amide bonds. The Morgan fingerprint density at radius 3 is 2.79 bits per heavy atom. The summed E-state index contributed by atoms with van der Waals surface area (Å²) in [5.74, 6) is -0.401. The molecule has 1 aromatic rings. The molecule has 2 rings (SSSR count). The standard InChI is InChI=1S/C12H14BrClFNO2S/c1-8-7-16(5-4-10(8)13)19(17,18)12-6-9(15)2-3-11(12)14/h2-3,6,8,10H,4-5,7H2,1H3. The van der Waals surface area contributed by atoms with E-state index in [-0.39, 0.29) is 15.8 Å². The van der Waals surface area contributed by atoms with Crippen LogP contribution in [0.2, 0.25) is 5.02 Å².